The Morgan fingerprint density at radius 1 is 0.914 bits per heavy atom. The molecule has 0 spiro atoms. The zero-order valence-corrected chi connectivity index (χ0v) is 17.6. The minimum atomic E-state index is -6.54. The Morgan fingerprint density at radius 2 is 1.57 bits per heavy atom. The average molecular weight is 534 g/mol. The van der Waals surface area contributed by atoms with Crippen LogP contribution in [-0.2, 0) is 21.7 Å². The second-order valence-corrected chi connectivity index (χ2v) is 8.53. The van der Waals surface area contributed by atoms with Crippen molar-refractivity contribution in [3.63, 3.8) is 0 Å². The van der Waals surface area contributed by atoms with Crippen LogP contribution in [0.4, 0.5) is 55.3 Å². The van der Waals surface area contributed by atoms with Gasteiger partial charge in [0.05, 0.1) is 16.5 Å². The van der Waals surface area contributed by atoms with Gasteiger partial charge in [-0.15, -0.1) is 11.8 Å². The van der Waals surface area contributed by atoms with E-state index in [9.17, 15) is 53.5 Å². The van der Waals surface area contributed by atoms with Crippen molar-refractivity contribution in [3.8, 4) is 0 Å². The first-order valence-corrected chi connectivity index (χ1v) is 10.2. The number of hydrogen-bond acceptors (Lipinski definition) is 3. The summed E-state index contributed by atoms with van der Waals surface area (Å²) in [6.45, 7) is 0. The number of hydrogen-bond donors (Lipinski definition) is 2. The topological polar surface area (TPSA) is 58.2 Å². The lowest BCUT2D eigenvalue weighted by atomic mass is 10.0. The highest BCUT2D eigenvalue weighted by molar-refractivity contribution is 8.01. The smallest absolute Gasteiger partial charge is 0.326 e. The molecule has 2 aromatic carbocycles. The summed E-state index contributed by atoms with van der Waals surface area (Å²) in [5.41, 5.74) is -3.40. The lowest BCUT2D eigenvalue weighted by Crippen LogP contribution is -2.50. The van der Waals surface area contributed by atoms with E-state index in [1.807, 2.05) is 5.32 Å². The van der Waals surface area contributed by atoms with Crippen molar-refractivity contribution in [1.29, 1.82) is 0 Å². The molecule has 15 heteroatoms. The fraction of sp³-hybridized carbons (Fsp3) is 0.300. The molecule has 1 aliphatic heterocycles. The number of anilines is 2. The van der Waals surface area contributed by atoms with Crippen LogP contribution < -0.4 is 10.6 Å². The SMILES string of the molecule is O=C(CC1Sc2ccc(C(F)(F)F)cc2NC1=O)Nc1cccc(C(F)(F)C(F)(F)C(F)(F)F)c1. The molecule has 0 aliphatic carbocycles. The van der Waals surface area contributed by atoms with Crippen molar-refractivity contribution in [3.05, 3.63) is 53.6 Å². The normalized spacial score (nSPS) is 17.0. The van der Waals surface area contributed by atoms with Gasteiger partial charge in [0.15, 0.2) is 0 Å². The van der Waals surface area contributed by atoms with Crippen LogP contribution in [0.1, 0.15) is 17.5 Å². The maximum Gasteiger partial charge on any atom is 0.460 e. The summed E-state index contributed by atoms with van der Waals surface area (Å²) in [4.78, 5) is 24.7. The Morgan fingerprint density at radius 3 is 2.17 bits per heavy atom. The van der Waals surface area contributed by atoms with Crippen LogP contribution in [-0.4, -0.2) is 29.2 Å². The van der Waals surface area contributed by atoms with Crippen molar-refractivity contribution in [2.24, 2.45) is 0 Å². The molecule has 2 N–H and O–H groups in total. The first-order valence-electron chi connectivity index (χ1n) is 9.35. The Bertz CT molecular complexity index is 1150. The van der Waals surface area contributed by atoms with Crippen molar-refractivity contribution >= 4 is 35.0 Å². The minimum Gasteiger partial charge on any atom is -0.326 e. The van der Waals surface area contributed by atoms with E-state index in [0.717, 1.165) is 36.0 Å². The molecule has 1 aliphatic rings. The third kappa shape index (κ3) is 5.33. The van der Waals surface area contributed by atoms with Crippen LogP contribution in [0.5, 0.6) is 0 Å². The predicted molar refractivity (Wildman–Crippen MR) is 104 cm³/mol. The van der Waals surface area contributed by atoms with Gasteiger partial charge in [-0.2, -0.15) is 43.9 Å². The lowest BCUT2D eigenvalue weighted by molar-refractivity contribution is -0.359. The molecule has 0 radical (unpaired) electrons. The maximum atomic E-state index is 13.9. The van der Waals surface area contributed by atoms with Crippen LogP contribution in [0, 0.1) is 0 Å². The van der Waals surface area contributed by atoms with Gasteiger partial charge in [0.2, 0.25) is 11.8 Å². The standard InChI is InChI=1S/C20H12F10N2O2S/c21-17(22,19(26,27)20(28,29)30)9-2-1-3-11(6-9)31-15(33)8-14-16(34)32-12-7-10(18(23,24)25)4-5-13(12)35-14/h1-7,14H,8H2,(H,31,33)(H,32,34). The summed E-state index contributed by atoms with van der Waals surface area (Å²) >= 11 is 0.752. The largest absolute Gasteiger partial charge is 0.460 e. The van der Waals surface area contributed by atoms with Gasteiger partial charge in [-0.05, 0) is 30.3 Å². The quantitative estimate of drug-likeness (QED) is 0.435. The molecule has 2 amide bonds. The minimum absolute atomic E-state index is 0.132. The zero-order valence-electron chi connectivity index (χ0n) is 16.8. The maximum absolute atomic E-state index is 13.9. The van der Waals surface area contributed by atoms with Gasteiger partial charge in [-0.3, -0.25) is 9.59 Å². The third-order valence-electron chi connectivity index (χ3n) is 4.76. The summed E-state index contributed by atoms with van der Waals surface area (Å²) in [6, 6.07) is 4.79. The molecular formula is C20H12F10N2O2S. The second kappa shape index (κ2) is 8.91. The van der Waals surface area contributed by atoms with Gasteiger partial charge in [-0.25, -0.2) is 0 Å². The van der Waals surface area contributed by atoms with E-state index in [4.69, 9.17) is 0 Å². The Hall–Kier alpha value is -2.97. The highest BCUT2D eigenvalue weighted by atomic mass is 32.2. The van der Waals surface area contributed by atoms with E-state index in [-0.39, 0.29) is 16.6 Å². The Labute approximate surface area is 194 Å². The van der Waals surface area contributed by atoms with Crippen LogP contribution in [0.25, 0.3) is 0 Å². The second-order valence-electron chi connectivity index (χ2n) is 7.28. The summed E-state index contributed by atoms with van der Waals surface area (Å²) < 4.78 is 130. The van der Waals surface area contributed by atoms with Gasteiger partial charge < -0.3 is 10.6 Å². The molecular weight excluding hydrogens is 522 g/mol. The molecule has 190 valence electrons. The van der Waals surface area contributed by atoms with E-state index in [1.165, 1.54) is 0 Å². The fourth-order valence-electron chi connectivity index (χ4n) is 2.99. The first kappa shape index (κ1) is 26.6. The molecule has 1 atom stereocenters. The number of fused-ring (bicyclic) bond motifs is 1. The highest BCUT2D eigenvalue weighted by Gasteiger charge is 2.73. The van der Waals surface area contributed by atoms with Crippen LogP contribution in [0.15, 0.2) is 47.4 Å². The average Bonchev–Trinajstić information content (AvgIpc) is 2.72. The number of carbonyl (C=O) groups excluding carboxylic acids is 2. The first-order chi connectivity index (χ1) is 15.9. The summed E-state index contributed by atoms with van der Waals surface area (Å²) in [7, 11) is 0. The van der Waals surface area contributed by atoms with Gasteiger partial charge in [-0.1, -0.05) is 12.1 Å². The van der Waals surface area contributed by atoms with E-state index >= 15 is 0 Å². The molecule has 2 aromatic rings. The zero-order chi connectivity index (χ0) is 26.4. The number of amides is 2. The fourth-order valence-corrected chi connectivity index (χ4v) is 4.08. The molecule has 0 saturated carbocycles. The molecule has 1 unspecified atom stereocenters. The number of carbonyl (C=O) groups is 2. The van der Waals surface area contributed by atoms with Crippen molar-refractivity contribution < 1.29 is 53.5 Å². The highest BCUT2D eigenvalue weighted by Crippen LogP contribution is 2.52. The number of benzene rings is 2. The van der Waals surface area contributed by atoms with Crippen LogP contribution in [0.2, 0.25) is 0 Å². The third-order valence-corrected chi connectivity index (χ3v) is 6.03. The van der Waals surface area contributed by atoms with E-state index in [2.05, 4.69) is 5.32 Å². The lowest BCUT2D eigenvalue weighted by Gasteiger charge is -2.28. The molecule has 3 rings (SSSR count). The Balaban J connectivity index is 1.72. The molecule has 4 nitrogen and oxygen atoms in total. The van der Waals surface area contributed by atoms with Crippen molar-refractivity contribution in [1.82, 2.24) is 0 Å². The van der Waals surface area contributed by atoms with Gasteiger partial charge in [0.1, 0.15) is 0 Å². The van der Waals surface area contributed by atoms with Gasteiger partial charge in [0.25, 0.3) is 0 Å². The predicted octanol–water partition coefficient (Wildman–Crippen LogP) is 6.44. The van der Waals surface area contributed by atoms with E-state index in [1.54, 1.807) is 0 Å². The Kier molecular flexibility index (Phi) is 6.78. The number of rotatable bonds is 5. The van der Waals surface area contributed by atoms with Gasteiger partial charge in [0, 0.05) is 22.6 Å². The summed E-state index contributed by atoms with van der Waals surface area (Å²) in [6.07, 6.45) is -11.8. The molecule has 0 bridgehead atoms. The molecule has 35 heavy (non-hydrogen) atoms. The van der Waals surface area contributed by atoms with E-state index < -0.39 is 64.5 Å². The number of halogens is 10. The van der Waals surface area contributed by atoms with Crippen molar-refractivity contribution in [2.45, 2.75) is 40.8 Å². The molecule has 0 aromatic heterocycles. The van der Waals surface area contributed by atoms with E-state index in [0.29, 0.717) is 12.1 Å². The molecule has 0 fully saturated rings. The van der Waals surface area contributed by atoms with Gasteiger partial charge >= 0.3 is 24.2 Å². The summed E-state index contributed by atoms with van der Waals surface area (Å²) in [5, 5.41) is 3.09. The van der Waals surface area contributed by atoms with Crippen molar-refractivity contribution in [2.75, 3.05) is 10.6 Å². The molecule has 0 saturated heterocycles. The monoisotopic (exact) mass is 534 g/mol. The summed E-state index contributed by atoms with van der Waals surface area (Å²) in [5.74, 6) is -13.9. The van der Waals surface area contributed by atoms with Crippen LogP contribution >= 0.6 is 11.8 Å². The molecule has 1 heterocycles. The van der Waals surface area contributed by atoms with Crippen LogP contribution in [0.3, 0.4) is 0 Å². The number of alkyl halides is 10. The number of nitrogens with one attached hydrogen (secondary N) is 2. The number of thioether (sulfide) groups is 1.